The number of benzene rings is 1. The number of hydrogen-bond acceptors (Lipinski definition) is 4. The predicted octanol–water partition coefficient (Wildman–Crippen LogP) is 3.41. The summed E-state index contributed by atoms with van der Waals surface area (Å²) in [4.78, 5) is 25.8. The van der Waals surface area contributed by atoms with Crippen molar-refractivity contribution >= 4 is 0 Å². The van der Waals surface area contributed by atoms with E-state index in [-0.39, 0.29) is 17.7 Å². The number of rotatable bonds is 3. The summed E-state index contributed by atoms with van der Waals surface area (Å²) in [5, 5.41) is 0. The summed E-state index contributed by atoms with van der Waals surface area (Å²) in [5.41, 5.74) is 1.07. The molecule has 2 aromatic heterocycles. The number of aromatic amines is 1. The molecule has 0 aliphatic carbocycles. The largest absolute Gasteiger partial charge is 0.416 e. The molecule has 1 N–H and O–H groups in total. The highest BCUT2D eigenvalue weighted by atomic mass is 19.4. The first kappa shape index (κ1) is 18.4. The molecule has 0 bridgehead atoms. The lowest BCUT2D eigenvalue weighted by molar-refractivity contribution is -0.138. The van der Waals surface area contributed by atoms with Crippen molar-refractivity contribution in [1.82, 2.24) is 19.9 Å². The average Bonchev–Trinajstić information content (AvgIpc) is 2.68. The Hall–Kier alpha value is -3.00. The highest BCUT2D eigenvalue weighted by Crippen LogP contribution is 2.33. The van der Waals surface area contributed by atoms with Gasteiger partial charge in [-0.3, -0.25) is 14.7 Å². The van der Waals surface area contributed by atoms with Crippen LogP contribution in [0.25, 0.3) is 11.5 Å². The highest BCUT2D eigenvalue weighted by molar-refractivity contribution is 5.49. The van der Waals surface area contributed by atoms with Crippen LogP contribution in [0.15, 0.2) is 53.5 Å². The van der Waals surface area contributed by atoms with Crippen molar-refractivity contribution in [3.05, 3.63) is 81.4 Å². The standard InChI is InChI=1S/C20H17F3N4O/c21-20(22,23)15-6-2-1-5-13(15)11-27-10-8-14-17(12-27)25-18(26-19(14)28)16-7-3-4-9-24-16/h1-7,9H,8,10-12H2,(H,25,26,28). The molecule has 0 radical (unpaired) electrons. The Balaban J connectivity index is 1.62. The van der Waals surface area contributed by atoms with Crippen molar-refractivity contribution in [2.75, 3.05) is 6.54 Å². The Bertz CT molecular complexity index is 1050. The molecular formula is C20H17F3N4O. The molecule has 28 heavy (non-hydrogen) atoms. The van der Waals surface area contributed by atoms with Gasteiger partial charge in [0.05, 0.1) is 11.3 Å². The second kappa shape index (κ2) is 7.20. The molecule has 0 unspecified atom stereocenters. The van der Waals surface area contributed by atoms with Crippen LogP contribution in [0.1, 0.15) is 22.4 Å². The summed E-state index contributed by atoms with van der Waals surface area (Å²) in [6, 6.07) is 10.9. The zero-order valence-electron chi connectivity index (χ0n) is 14.8. The number of halogens is 3. The summed E-state index contributed by atoms with van der Waals surface area (Å²) in [7, 11) is 0. The fraction of sp³-hybridized carbons (Fsp3) is 0.250. The van der Waals surface area contributed by atoms with Crippen LogP contribution in [0.5, 0.6) is 0 Å². The normalized spacial score (nSPS) is 14.7. The summed E-state index contributed by atoms with van der Waals surface area (Å²) in [6.45, 7) is 0.945. The monoisotopic (exact) mass is 386 g/mol. The second-order valence-corrected chi connectivity index (χ2v) is 6.67. The maximum atomic E-state index is 13.3. The highest BCUT2D eigenvalue weighted by Gasteiger charge is 2.33. The average molecular weight is 386 g/mol. The van der Waals surface area contributed by atoms with Gasteiger partial charge in [-0.2, -0.15) is 13.2 Å². The maximum Gasteiger partial charge on any atom is 0.416 e. The summed E-state index contributed by atoms with van der Waals surface area (Å²) in [6.07, 6.45) is -2.35. The van der Waals surface area contributed by atoms with Crippen molar-refractivity contribution in [2.24, 2.45) is 0 Å². The number of hydrogen-bond donors (Lipinski definition) is 1. The van der Waals surface area contributed by atoms with Crippen molar-refractivity contribution in [2.45, 2.75) is 25.7 Å². The van der Waals surface area contributed by atoms with Gasteiger partial charge in [0.25, 0.3) is 5.56 Å². The first-order valence-corrected chi connectivity index (χ1v) is 8.83. The number of nitrogens with one attached hydrogen (secondary N) is 1. The van der Waals surface area contributed by atoms with Crippen LogP contribution >= 0.6 is 0 Å². The van der Waals surface area contributed by atoms with Crippen molar-refractivity contribution < 1.29 is 13.2 Å². The van der Waals surface area contributed by atoms with E-state index >= 15 is 0 Å². The lowest BCUT2D eigenvalue weighted by atomic mass is 10.0. The minimum Gasteiger partial charge on any atom is -0.305 e. The molecule has 144 valence electrons. The quantitative estimate of drug-likeness (QED) is 0.749. The van der Waals surface area contributed by atoms with E-state index in [0.717, 1.165) is 6.07 Å². The van der Waals surface area contributed by atoms with Crippen LogP contribution in [0.3, 0.4) is 0 Å². The van der Waals surface area contributed by atoms with E-state index in [1.807, 2.05) is 4.90 Å². The Labute approximate surface area is 158 Å². The maximum absolute atomic E-state index is 13.3. The van der Waals surface area contributed by atoms with Crippen LogP contribution in [0, 0.1) is 0 Å². The van der Waals surface area contributed by atoms with E-state index in [1.54, 1.807) is 30.5 Å². The molecule has 1 aliphatic heterocycles. The van der Waals surface area contributed by atoms with Crippen LogP contribution in [0.4, 0.5) is 13.2 Å². The molecule has 3 heterocycles. The first-order valence-electron chi connectivity index (χ1n) is 8.83. The molecule has 0 saturated heterocycles. The van der Waals surface area contributed by atoms with E-state index < -0.39 is 11.7 Å². The van der Waals surface area contributed by atoms with Gasteiger partial charge < -0.3 is 4.98 Å². The lowest BCUT2D eigenvalue weighted by Gasteiger charge is -2.28. The van der Waals surface area contributed by atoms with Crippen molar-refractivity contribution in [3.63, 3.8) is 0 Å². The number of nitrogens with zero attached hydrogens (tertiary/aromatic N) is 3. The number of aromatic nitrogens is 3. The molecule has 8 heteroatoms. The molecule has 4 rings (SSSR count). The van der Waals surface area contributed by atoms with Crippen LogP contribution in [-0.2, 0) is 25.7 Å². The number of fused-ring (bicyclic) bond motifs is 1. The summed E-state index contributed by atoms with van der Waals surface area (Å²) >= 11 is 0. The van der Waals surface area contributed by atoms with Crippen LogP contribution in [0.2, 0.25) is 0 Å². The van der Waals surface area contributed by atoms with Gasteiger partial charge in [0, 0.05) is 31.4 Å². The van der Waals surface area contributed by atoms with Crippen molar-refractivity contribution in [3.8, 4) is 11.5 Å². The van der Waals surface area contributed by atoms with Gasteiger partial charge in [-0.15, -0.1) is 0 Å². The molecule has 0 spiro atoms. The van der Waals surface area contributed by atoms with Crippen molar-refractivity contribution in [1.29, 1.82) is 0 Å². The Morgan fingerprint density at radius 3 is 2.64 bits per heavy atom. The van der Waals surface area contributed by atoms with Gasteiger partial charge in [-0.05, 0) is 30.2 Å². The van der Waals surface area contributed by atoms with Crippen LogP contribution < -0.4 is 5.56 Å². The molecule has 1 aliphatic rings. The molecule has 1 aromatic carbocycles. The first-order chi connectivity index (χ1) is 13.4. The van der Waals surface area contributed by atoms with Gasteiger partial charge in [0.1, 0.15) is 5.69 Å². The van der Waals surface area contributed by atoms with E-state index in [1.165, 1.54) is 12.1 Å². The SMILES string of the molecule is O=c1[nH]c(-c2ccccn2)nc2c1CCN(Cc1ccccc1C(F)(F)F)C2. The molecule has 3 aromatic rings. The van der Waals surface area contributed by atoms with E-state index in [4.69, 9.17) is 0 Å². The van der Waals surface area contributed by atoms with Gasteiger partial charge in [-0.25, -0.2) is 4.98 Å². The zero-order valence-corrected chi connectivity index (χ0v) is 14.8. The zero-order chi connectivity index (χ0) is 19.7. The second-order valence-electron chi connectivity index (χ2n) is 6.67. The minimum atomic E-state index is -4.40. The third kappa shape index (κ3) is 3.68. The van der Waals surface area contributed by atoms with Gasteiger partial charge in [-0.1, -0.05) is 24.3 Å². The number of alkyl halides is 3. The summed E-state index contributed by atoms with van der Waals surface area (Å²) < 4.78 is 39.8. The third-order valence-electron chi connectivity index (χ3n) is 4.78. The van der Waals surface area contributed by atoms with Gasteiger partial charge in [0.15, 0.2) is 5.82 Å². The summed E-state index contributed by atoms with van der Waals surface area (Å²) in [5.74, 6) is 0.363. The molecule has 0 atom stereocenters. The smallest absolute Gasteiger partial charge is 0.305 e. The predicted molar refractivity (Wildman–Crippen MR) is 97.4 cm³/mol. The Morgan fingerprint density at radius 1 is 1.11 bits per heavy atom. The fourth-order valence-corrected chi connectivity index (χ4v) is 3.43. The number of pyridine rings is 1. The molecule has 0 amide bonds. The van der Waals surface area contributed by atoms with E-state index in [0.29, 0.717) is 42.3 Å². The van der Waals surface area contributed by atoms with Crippen LogP contribution in [-0.4, -0.2) is 26.4 Å². The van der Waals surface area contributed by atoms with E-state index in [2.05, 4.69) is 15.0 Å². The van der Waals surface area contributed by atoms with Gasteiger partial charge >= 0.3 is 6.18 Å². The fourth-order valence-electron chi connectivity index (χ4n) is 3.43. The lowest BCUT2D eigenvalue weighted by Crippen LogP contribution is -2.35. The molecule has 5 nitrogen and oxygen atoms in total. The third-order valence-corrected chi connectivity index (χ3v) is 4.78. The number of H-pyrrole nitrogens is 1. The Kier molecular flexibility index (Phi) is 4.72. The van der Waals surface area contributed by atoms with E-state index in [9.17, 15) is 18.0 Å². The minimum absolute atomic E-state index is 0.141. The Morgan fingerprint density at radius 2 is 1.89 bits per heavy atom. The molecule has 0 saturated carbocycles. The van der Waals surface area contributed by atoms with Gasteiger partial charge in [0.2, 0.25) is 0 Å². The topological polar surface area (TPSA) is 61.9 Å². The molecular weight excluding hydrogens is 369 g/mol. The molecule has 0 fully saturated rings.